The summed E-state index contributed by atoms with van der Waals surface area (Å²) in [5, 5.41) is 13.8. The SMILES string of the molecule is CC1CCC(c2ccccc2)S(=O)(=O)N1Cc1cc(F)c(C2(Cn3cncn3)CC(C)(O)C2)cc1F. The first-order chi connectivity index (χ1) is 17.0. The zero-order valence-corrected chi connectivity index (χ0v) is 21.1. The fourth-order valence-electron chi connectivity index (χ4n) is 6.05. The number of benzene rings is 2. The number of rotatable bonds is 6. The van der Waals surface area contributed by atoms with E-state index in [2.05, 4.69) is 10.1 Å². The van der Waals surface area contributed by atoms with Crippen molar-refractivity contribution in [2.75, 3.05) is 0 Å². The van der Waals surface area contributed by atoms with Crippen LogP contribution in [0.5, 0.6) is 0 Å². The topological polar surface area (TPSA) is 88.3 Å². The van der Waals surface area contributed by atoms with E-state index in [0.717, 1.165) is 12.1 Å². The van der Waals surface area contributed by atoms with Gasteiger partial charge in [0, 0.05) is 23.6 Å². The molecule has 2 aromatic carbocycles. The fraction of sp³-hybridized carbons (Fsp3) is 0.462. The number of hydrogen-bond acceptors (Lipinski definition) is 5. The van der Waals surface area contributed by atoms with Crippen molar-refractivity contribution in [3.05, 3.63) is 83.4 Å². The zero-order chi connectivity index (χ0) is 25.7. The molecule has 5 rings (SSSR count). The van der Waals surface area contributed by atoms with E-state index in [1.165, 1.54) is 17.0 Å². The summed E-state index contributed by atoms with van der Waals surface area (Å²) in [6.45, 7) is 3.46. The first-order valence-corrected chi connectivity index (χ1v) is 13.6. The molecule has 0 spiro atoms. The number of sulfonamides is 1. The Balaban J connectivity index is 1.45. The minimum atomic E-state index is -3.78. The molecule has 1 saturated carbocycles. The van der Waals surface area contributed by atoms with Crippen LogP contribution >= 0.6 is 0 Å². The first kappa shape index (κ1) is 25.0. The quantitative estimate of drug-likeness (QED) is 0.533. The number of nitrogens with zero attached hydrogens (tertiary/aromatic N) is 4. The summed E-state index contributed by atoms with van der Waals surface area (Å²) in [5.74, 6) is -1.29. The van der Waals surface area contributed by atoms with E-state index in [0.29, 0.717) is 18.4 Å². The lowest BCUT2D eigenvalue weighted by molar-refractivity contribution is -0.0842. The minimum absolute atomic E-state index is 0.0117. The van der Waals surface area contributed by atoms with Crippen LogP contribution in [0.3, 0.4) is 0 Å². The highest BCUT2D eigenvalue weighted by atomic mass is 32.2. The molecule has 2 aliphatic rings. The lowest BCUT2D eigenvalue weighted by Gasteiger charge is -2.52. The smallest absolute Gasteiger partial charge is 0.221 e. The molecule has 36 heavy (non-hydrogen) atoms. The molecule has 0 radical (unpaired) electrons. The molecule has 1 aliphatic carbocycles. The summed E-state index contributed by atoms with van der Waals surface area (Å²) in [6.07, 6.45) is 4.45. The molecule has 1 saturated heterocycles. The van der Waals surface area contributed by atoms with Gasteiger partial charge in [-0.3, -0.25) is 4.68 Å². The van der Waals surface area contributed by atoms with Gasteiger partial charge in [-0.25, -0.2) is 22.2 Å². The summed E-state index contributed by atoms with van der Waals surface area (Å²) >= 11 is 0. The Kier molecular flexibility index (Phi) is 6.25. The van der Waals surface area contributed by atoms with Crippen LogP contribution in [0.15, 0.2) is 55.1 Å². The van der Waals surface area contributed by atoms with E-state index in [9.17, 15) is 13.5 Å². The number of aromatic nitrogens is 3. The van der Waals surface area contributed by atoms with Crippen LogP contribution in [0.2, 0.25) is 0 Å². The monoisotopic (exact) mass is 516 g/mol. The molecule has 0 bridgehead atoms. The van der Waals surface area contributed by atoms with E-state index < -0.39 is 37.9 Å². The van der Waals surface area contributed by atoms with Gasteiger partial charge in [0.2, 0.25) is 10.0 Å². The van der Waals surface area contributed by atoms with Crippen molar-refractivity contribution in [2.24, 2.45) is 0 Å². The predicted octanol–water partition coefficient (Wildman–Crippen LogP) is 4.09. The summed E-state index contributed by atoms with van der Waals surface area (Å²) in [6, 6.07) is 10.9. The molecular formula is C26H30F2N4O3S. The van der Waals surface area contributed by atoms with Crippen molar-refractivity contribution >= 4 is 10.0 Å². The Morgan fingerprint density at radius 1 is 1.11 bits per heavy atom. The molecule has 2 unspecified atom stereocenters. The number of halogens is 2. The van der Waals surface area contributed by atoms with Gasteiger partial charge >= 0.3 is 0 Å². The Hall–Kier alpha value is -2.69. The average Bonchev–Trinajstić information content (AvgIpc) is 3.30. The van der Waals surface area contributed by atoms with E-state index in [1.54, 1.807) is 42.8 Å². The van der Waals surface area contributed by atoms with Crippen LogP contribution < -0.4 is 0 Å². The van der Waals surface area contributed by atoms with Gasteiger partial charge in [0.1, 0.15) is 29.5 Å². The molecular weight excluding hydrogens is 486 g/mol. The second kappa shape index (κ2) is 9.00. The van der Waals surface area contributed by atoms with Crippen molar-refractivity contribution in [1.82, 2.24) is 19.1 Å². The zero-order valence-electron chi connectivity index (χ0n) is 20.3. The minimum Gasteiger partial charge on any atom is -0.390 e. The summed E-state index contributed by atoms with van der Waals surface area (Å²) in [7, 11) is -3.78. The van der Waals surface area contributed by atoms with Crippen LogP contribution in [0, 0.1) is 11.6 Å². The van der Waals surface area contributed by atoms with Crippen LogP contribution in [-0.2, 0) is 28.5 Å². The van der Waals surface area contributed by atoms with Gasteiger partial charge in [-0.2, -0.15) is 9.40 Å². The maximum Gasteiger partial charge on any atom is 0.221 e. The van der Waals surface area contributed by atoms with Gasteiger partial charge in [-0.1, -0.05) is 30.3 Å². The lowest BCUT2D eigenvalue weighted by atomic mass is 9.56. The van der Waals surface area contributed by atoms with Crippen molar-refractivity contribution in [2.45, 2.75) is 74.9 Å². The predicted molar refractivity (Wildman–Crippen MR) is 130 cm³/mol. The highest BCUT2D eigenvalue weighted by Crippen LogP contribution is 2.52. The number of hydrogen-bond donors (Lipinski definition) is 1. The Morgan fingerprint density at radius 3 is 2.47 bits per heavy atom. The molecule has 0 amide bonds. The average molecular weight is 517 g/mol. The van der Waals surface area contributed by atoms with Gasteiger partial charge in [-0.15, -0.1) is 0 Å². The third-order valence-electron chi connectivity index (χ3n) is 7.60. The van der Waals surface area contributed by atoms with Crippen LogP contribution in [-0.4, -0.2) is 44.2 Å². The Labute approximate surface area is 209 Å². The maximum atomic E-state index is 15.6. The van der Waals surface area contributed by atoms with E-state index in [4.69, 9.17) is 0 Å². The first-order valence-electron chi connectivity index (χ1n) is 12.1. The highest BCUT2D eigenvalue weighted by molar-refractivity contribution is 7.89. The van der Waals surface area contributed by atoms with Gasteiger partial charge in [0.05, 0.1) is 12.1 Å². The van der Waals surface area contributed by atoms with Crippen molar-refractivity contribution in [3.8, 4) is 0 Å². The van der Waals surface area contributed by atoms with Gasteiger partial charge < -0.3 is 5.11 Å². The molecule has 2 fully saturated rings. The standard InChI is InChI=1S/C26H30F2N4O3S/c1-18-8-9-24(19-6-4-3-5-7-19)36(34,35)32(18)12-20-10-23(28)21(11-22(20)27)26(13-25(2,33)14-26)15-31-17-29-16-30-31/h3-7,10-11,16-18,24,33H,8-9,12-15H2,1-2H3. The van der Waals surface area contributed by atoms with Gasteiger partial charge in [0.25, 0.3) is 0 Å². The second-order valence-electron chi connectivity index (χ2n) is 10.6. The Morgan fingerprint density at radius 2 is 1.83 bits per heavy atom. The fourth-order valence-corrected chi connectivity index (χ4v) is 8.24. The van der Waals surface area contributed by atoms with Crippen LogP contribution in [0.1, 0.15) is 61.5 Å². The normalized spacial score (nSPS) is 30.1. The molecule has 1 N–H and O–H groups in total. The van der Waals surface area contributed by atoms with Crippen LogP contribution in [0.25, 0.3) is 0 Å². The maximum absolute atomic E-state index is 15.6. The number of aliphatic hydroxyl groups is 1. The van der Waals surface area contributed by atoms with Crippen molar-refractivity contribution in [3.63, 3.8) is 0 Å². The lowest BCUT2D eigenvalue weighted by Crippen LogP contribution is -2.55. The summed E-state index contributed by atoms with van der Waals surface area (Å²) < 4.78 is 60.9. The van der Waals surface area contributed by atoms with Crippen molar-refractivity contribution in [1.29, 1.82) is 0 Å². The van der Waals surface area contributed by atoms with Crippen LogP contribution in [0.4, 0.5) is 8.78 Å². The molecule has 3 aromatic rings. The molecule has 192 valence electrons. The highest BCUT2D eigenvalue weighted by Gasteiger charge is 2.54. The largest absolute Gasteiger partial charge is 0.390 e. The van der Waals surface area contributed by atoms with Gasteiger partial charge in [-0.05, 0) is 62.8 Å². The molecule has 1 aliphatic heterocycles. The van der Waals surface area contributed by atoms with E-state index in [1.807, 2.05) is 6.07 Å². The molecule has 2 heterocycles. The second-order valence-corrected chi connectivity index (χ2v) is 12.6. The van der Waals surface area contributed by atoms with Crippen molar-refractivity contribution < 1.29 is 22.3 Å². The summed E-state index contributed by atoms with van der Waals surface area (Å²) in [4.78, 5) is 3.92. The molecule has 2 atom stereocenters. The molecule has 1 aromatic heterocycles. The van der Waals surface area contributed by atoms with E-state index in [-0.39, 0.29) is 43.1 Å². The summed E-state index contributed by atoms with van der Waals surface area (Å²) in [5.41, 5.74) is -0.997. The van der Waals surface area contributed by atoms with E-state index >= 15 is 8.78 Å². The van der Waals surface area contributed by atoms with Gasteiger partial charge in [0.15, 0.2) is 0 Å². The molecule has 10 heteroatoms. The molecule has 7 nitrogen and oxygen atoms in total. The third-order valence-corrected chi connectivity index (χ3v) is 9.97. The third kappa shape index (κ3) is 4.46. The Bertz CT molecular complexity index is 1340.